The van der Waals surface area contributed by atoms with E-state index in [1.165, 1.54) is 0 Å². The van der Waals surface area contributed by atoms with Crippen molar-refractivity contribution in [1.82, 2.24) is 10.3 Å². The maximum Gasteiger partial charge on any atom is 0.268 e. The summed E-state index contributed by atoms with van der Waals surface area (Å²) in [7, 11) is 0. The van der Waals surface area contributed by atoms with Gasteiger partial charge < -0.3 is 10.4 Å². The lowest BCUT2D eigenvalue weighted by atomic mass is 10.0. The summed E-state index contributed by atoms with van der Waals surface area (Å²) >= 11 is 0. The standard InChI is InChI=1S/C11H15N3O2/c1-4-13-7(3)9-6(2)8(5-12)10(15)14-11(9)16/h7,13H,4H2,1-3H3,(H2,14,15,16). The van der Waals surface area contributed by atoms with E-state index in [0.29, 0.717) is 11.1 Å². The van der Waals surface area contributed by atoms with E-state index >= 15 is 0 Å². The van der Waals surface area contributed by atoms with E-state index in [1.807, 2.05) is 19.9 Å². The predicted octanol–water partition coefficient (Wildman–Crippen LogP) is 0.931. The minimum atomic E-state index is -0.551. The number of rotatable bonds is 3. The lowest BCUT2D eigenvalue weighted by Crippen LogP contribution is -2.22. The van der Waals surface area contributed by atoms with Crippen LogP contribution in [0.3, 0.4) is 0 Å². The highest BCUT2D eigenvalue weighted by Crippen LogP contribution is 2.25. The molecule has 5 heteroatoms. The SMILES string of the molecule is CCNC(C)c1c(O)[nH]c(=O)c(C#N)c1C. The van der Waals surface area contributed by atoms with Crippen LogP contribution in [0.5, 0.6) is 5.88 Å². The maximum atomic E-state index is 11.4. The van der Waals surface area contributed by atoms with Crippen LogP contribution in [0, 0.1) is 18.3 Å². The predicted molar refractivity (Wildman–Crippen MR) is 60.3 cm³/mol. The molecule has 5 nitrogen and oxygen atoms in total. The first-order valence-corrected chi connectivity index (χ1v) is 5.12. The smallest absolute Gasteiger partial charge is 0.268 e. The third kappa shape index (κ3) is 2.07. The zero-order chi connectivity index (χ0) is 12.3. The monoisotopic (exact) mass is 221 g/mol. The number of hydrogen-bond acceptors (Lipinski definition) is 4. The highest BCUT2D eigenvalue weighted by atomic mass is 16.3. The molecule has 0 aliphatic heterocycles. The molecule has 0 radical (unpaired) electrons. The quantitative estimate of drug-likeness (QED) is 0.708. The van der Waals surface area contributed by atoms with E-state index in [9.17, 15) is 9.90 Å². The Morgan fingerprint density at radius 3 is 2.75 bits per heavy atom. The molecule has 0 aliphatic rings. The first kappa shape index (κ1) is 12.3. The van der Waals surface area contributed by atoms with Crippen molar-refractivity contribution in [3.05, 3.63) is 27.0 Å². The molecule has 0 amide bonds. The molecular weight excluding hydrogens is 206 g/mol. The van der Waals surface area contributed by atoms with Crippen molar-refractivity contribution >= 4 is 0 Å². The van der Waals surface area contributed by atoms with E-state index in [-0.39, 0.29) is 17.5 Å². The summed E-state index contributed by atoms with van der Waals surface area (Å²) < 4.78 is 0. The Bertz CT molecular complexity index is 485. The average Bonchev–Trinajstić information content (AvgIpc) is 2.17. The van der Waals surface area contributed by atoms with Gasteiger partial charge in [-0.15, -0.1) is 0 Å². The van der Waals surface area contributed by atoms with Crippen molar-refractivity contribution in [3.8, 4) is 11.9 Å². The molecule has 1 aromatic heterocycles. The van der Waals surface area contributed by atoms with Crippen LogP contribution in [-0.4, -0.2) is 16.6 Å². The van der Waals surface area contributed by atoms with Crippen LogP contribution in [-0.2, 0) is 0 Å². The molecule has 3 N–H and O–H groups in total. The van der Waals surface area contributed by atoms with Gasteiger partial charge >= 0.3 is 0 Å². The molecule has 1 atom stereocenters. The lowest BCUT2D eigenvalue weighted by molar-refractivity contribution is 0.430. The van der Waals surface area contributed by atoms with Crippen molar-refractivity contribution in [2.24, 2.45) is 0 Å². The fourth-order valence-corrected chi connectivity index (χ4v) is 1.79. The van der Waals surface area contributed by atoms with E-state index in [1.54, 1.807) is 6.92 Å². The second kappa shape index (κ2) is 4.81. The largest absolute Gasteiger partial charge is 0.494 e. The summed E-state index contributed by atoms with van der Waals surface area (Å²) in [6.07, 6.45) is 0. The Morgan fingerprint density at radius 2 is 2.25 bits per heavy atom. The van der Waals surface area contributed by atoms with Crippen LogP contribution < -0.4 is 10.9 Å². The van der Waals surface area contributed by atoms with Gasteiger partial charge in [0.2, 0.25) is 0 Å². The molecule has 0 saturated heterocycles. The minimum Gasteiger partial charge on any atom is -0.494 e. The molecule has 0 saturated carbocycles. The Hall–Kier alpha value is -1.80. The number of aromatic amines is 1. The molecule has 0 fully saturated rings. The fraction of sp³-hybridized carbons (Fsp3) is 0.455. The van der Waals surface area contributed by atoms with Crippen molar-refractivity contribution in [3.63, 3.8) is 0 Å². The molecule has 1 unspecified atom stereocenters. The highest BCUT2D eigenvalue weighted by Gasteiger charge is 2.18. The Balaban J connectivity index is 3.41. The summed E-state index contributed by atoms with van der Waals surface area (Å²) in [5.74, 6) is -0.171. The molecule has 86 valence electrons. The van der Waals surface area contributed by atoms with Crippen molar-refractivity contribution in [2.75, 3.05) is 6.54 Å². The zero-order valence-corrected chi connectivity index (χ0v) is 9.59. The number of nitrogens with one attached hydrogen (secondary N) is 2. The summed E-state index contributed by atoms with van der Waals surface area (Å²) in [5, 5.41) is 21.7. The van der Waals surface area contributed by atoms with Gasteiger partial charge in [0, 0.05) is 11.6 Å². The summed E-state index contributed by atoms with van der Waals surface area (Å²) in [5.41, 5.74) is 0.595. The fourth-order valence-electron chi connectivity index (χ4n) is 1.79. The van der Waals surface area contributed by atoms with Gasteiger partial charge in [0.1, 0.15) is 11.6 Å². The lowest BCUT2D eigenvalue weighted by Gasteiger charge is -2.16. The highest BCUT2D eigenvalue weighted by molar-refractivity contribution is 5.45. The molecule has 16 heavy (non-hydrogen) atoms. The van der Waals surface area contributed by atoms with Crippen LogP contribution in [0.1, 0.15) is 36.6 Å². The van der Waals surface area contributed by atoms with Crippen LogP contribution >= 0.6 is 0 Å². The first-order chi connectivity index (χ1) is 7.52. The molecule has 1 aromatic rings. The maximum absolute atomic E-state index is 11.4. The van der Waals surface area contributed by atoms with E-state index in [4.69, 9.17) is 5.26 Å². The van der Waals surface area contributed by atoms with Gasteiger partial charge in [-0.05, 0) is 26.0 Å². The number of pyridine rings is 1. The molecule has 1 heterocycles. The van der Waals surface area contributed by atoms with Gasteiger partial charge in [-0.3, -0.25) is 9.78 Å². The molecule has 0 aromatic carbocycles. The van der Waals surface area contributed by atoms with E-state index in [0.717, 1.165) is 6.54 Å². The second-order valence-electron chi connectivity index (χ2n) is 3.61. The summed E-state index contributed by atoms with van der Waals surface area (Å²) in [4.78, 5) is 13.6. The van der Waals surface area contributed by atoms with E-state index in [2.05, 4.69) is 10.3 Å². The van der Waals surface area contributed by atoms with Gasteiger partial charge in [0.25, 0.3) is 5.56 Å². The van der Waals surface area contributed by atoms with Crippen LogP contribution in [0.25, 0.3) is 0 Å². The molecule has 0 bridgehead atoms. The number of H-pyrrole nitrogens is 1. The third-order valence-corrected chi connectivity index (χ3v) is 2.55. The number of hydrogen-bond donors (Lipinski definition) is 3. The number of nitrogens with zero attached hydrogens (tertiary/aromatic N) is 1. The Labute approximate surface area is 93.7 Å². The third-order valence-electron chi connectivity index (χ3n) is 2.55. The van der Waals surface area contributed by atoms with Gasteiger partial charge in [-0.1, -0.05) is 6.92 Å². The second-order valence-corrected chi connectivity index (χ2v) is 3.61. The van der Waals surface area contributed by atoms with Crippen LogP contribution in [0.4, 0.5) is 0 Å². The summed E-state index contributed by atoms with van der Waals surface area (Å²) in [6, 6.07) is 1.73. The van der Waals surface area contributed by atoms with Crippen molar-refractivity contribution in [2.45, 2.75) is 26.8 Å². The zero-order valence-electron chi connectivity index (χ0n) is 9.59. The Kier molecular flexibility index (Phi) is 3.69. The van der Waals surface area contributed by atoms with Gasteiger partial charge in [0.15, 0.2) is 5.88 Å². The van der Waals surface area contributed by atoms with Gasteiger partial charge in [-0.25, -0.2) is 0 Å². The number of aromatic hydroxyl groups is 1. The van der Waals surface area contributed by atoms with E-state index < -0.39 is 5.56 Å². The molecule has 1 rings (SSSR count). The normalized spacial score (nSPS) is 12.1. The van der Waals surface area contributed by atoms with Crippen LogP contribution in [0.15, 0.2) is 4.79 Å². The molecule has 0 aliphatic carbocycles. The number of nitriles is 1. The topological polar surface area (TPSA) is 88.9 Å². The minimum absolute atomic E-state index is 0.0533. The Morgan fingerprint density at radius 1 is 1.62 bits per heavy atom. The molecular formula is C11H15N3O2. The molecule has 0 spiro atoms. The van der Waals surface area contributed by atoms with Gasteiger partial charge in [-0.2, -0.15) is 5.26 Å². The summed E-state index contributed by atoms with van der Waals surface area (Å²) in [6.45, 7) is 6.21. The first-order valence-electron chi connectivity index (χ1n) is 5.12. The van der Waals surface area contributed by atoms with Crippen molar-refractivity contribution < 1.29 is 5.11 Å². The van der Waals surface area contributed by atoms with Crippen LogP contribution in [0.2, 0.25) is 0 Å². The average molecular weight is 221 g/mol. The van der Waals surface area contributed by atoms with Crippen molar-refractivity contribution in [1.29, 1.82) is 5.26 Å². The van der Waals surface area contributed by atoms with Gasteiger partial charge in [0.05, 0.1) is 0 Å². The number of aromatic nitrogens is 1.